The lowest BCUT2D eigenvalue weighted by Gasteiger charge is -2.51. The largest absolute Gasteiger partial charge is 0.394 e. The zero-order chi connectivity index (χ0) is 33.5. The van der Waals surface area contributed by atoms with Gasteiger partial charge in [-0.15, -0.1) is 0 Å². The fraction of sp³-hybridized carbons (Fsp3) is 0.472. The zero-order valence-corrected chi connectivity index (χ0v) is 26.7. The summed E-state index contributed by atoms with van der Waals surface area (Å²) < 4.78 is 44.7. The van der Waals surface area contributed by atoms with Gasteiger partial charge in [-0.1, -0.05) is 91.0 Å². The molecule has 4 N–H and O–H groups in total. The first-order valence-corrected chi connectivity index (χ1v) is 16.2. The summed E-state index contributed by atoms with van der Waals surface area (Å²) in [7, 11) is 0. The highest BCUT2D eigenvalue weighted by Crippen LogP contribution is 2.36. The van der Waals surface area contributed by atoms with E-state index in [4.69, 9.17) is 33.2 Å². The van der Waals surface area contributed by atoms with E-state index in [9.17, 15) is 20.1 Å². The number of nitrogens with one attached hydrogen (secondary N) is 1. The van der Waals surface area contributed by atoms with Gasteiger partial charge in [0.2, 0.25) is 5.91 Å². The van der Waals surface area contributed by atoms with Crippen molar-refractivity contribution in [2.75, 3.05) is 13.2 Å². The van der Waals surface area contributed by atoms with E-state index in [0.717, 1.165) is 16.7 Å². The Morgan fingerprint density at radius 3 is 1.98 bits per heavy atom. The molecule has 0 aliphatic carbocycles. The fourth-order valence-electron chi connectivity index (χ4n) is 6.23. The van der Waals surface area contributed by atoms with E-state index < -0.39 is 80.2 Å². The average Bonchev–Trinajstić information content (AvgIpc) is 3.11. The highest BCUT2D eigenvalue weighted by molar-refractivity contribution is 5.73. The van der Waals surface area contributed by atoms with Crippen LogP contribution in [0.3, 0.4) is 0 Å². The van der Waals surface area contributed by atoms with Crippen LogP contribution in [0.2, 0.25) is 0 Å². The quantitative estimate of drug-likeness (QED) is 0.224. The van der Waals surface area contributed by atoms with E-state index in [1.54, 1.807) is 0 Å². The van der Waals surface area contributed by atoms with Crippen LogP contribution in [0.15, 0.2) is 91.0 Å². The first kappa shape index (κ1) is 34.6. The number of aliphatic hydroxyl groups is 3. The minimum Gasteiger partial charge on any atom is -0.394 e. The normalized spacial score (nSPS) is 33.5. The summed E-state index contributed by atoms with van der Waals surface area (Å²) in [5.41, 5.74) is 2.84. The van der Waals surface area contributed by atoms with Crippen molar-refractivity contribution in [1.82, 2.24) is 5.32 Å². The molecule has 3 aromatic rings. The number of fused-ring (bicyclic) bond motifs is 1. The predicted molar refractivity (Wildman–Crippen MR) is 170 cm³/mol. The third kappa shape index (κ3) is 8.47. The second-order valence-electron chi connectivity index (χ2n) is 12.2. The summed E-state index contributed by atoms with van der Waals surface area (Å²) in [6.45, 7) is 1.26. The van der Waals surface area contributed by atoms with Crippen LogP contribution in [0, 0.1) is 0 Å². The second kappa shape index (κ2) is 16.4. The molecule has 0 radical (unpaired) electrons. The summed E-state index contributed by atoms with van der Waals surface area (Å²) in [6, 6.07) is 27.9. The summed E-state index contributed by atoms with van der Waals surface area (Å²) in [6.07, 6.45) is -9.86. The first-order chi connectivity index (χ1) is 23.4. The average molecular weight is 666 g/mol. The van der Waals surface area contributed by atoms with Crippen molar-refractivity contribution in [2.45, 2.75) is 94.2 Å². The number of hydrogen-bond donors (Lipinski definition) is 4. The van der Waals surface area contributed by atoms with Gasteiger partial charge in [0, 0.05) is 13.3 Å². The maximum Gasteiger partial charge on any atom is 0.217 e. The molecule has 0 aromatic heterocycles. The molecule has 3 heterocycles. The zero-order valence-electron chi connectivity index (χ0n) is 26.7. The van der Waals surface area contributed by atoms with E-state index >= 15 is 0 Å². The van der Waals surface area contributed by atoms with Gasteiger partial charge >= 0.3 is 0 Å². The molecule has 11 atom stereocenters. The molecule has 3 aliphatic rings. The van der Waals surface area contributed by atoms with Crippen molar-refractivity contribution in [3.05, 3.63) is 108 Å². The van der Waals surface area contributed by atoms with Gasteiger partial charge in [-0.3, -0.25) is 4.79 Å². The number of hydrogen-bond acceptors (Lipinski definition) is 11. The van der Waals surface area contributed by atoms with Crippen LogP contribution in [0.25, 0.3) is 0 Å². The Hall–Kier alpha value is -3.27. The lowest BCUT2D eigenvalue weighted by Crippen LogP contribution is -2.69. The Labute approximate surface area is 279 Å². The number of ether oxygens (including phenoxy) is 7. The standard InChI is InChI=1S/C36H43NO11/c1-22(39)37-29-31(41)30(40)26(18-38)45-35(29)48-33-32-27(21-42-28(47-32)17-23-11-5-2-6-12-23)46-36(44-20-25-15-9-4-10-16-25)34(33)43-19-24-13-7-3-8-14-24/h2-16,26-36,38,40-41H,17-21H2,1H3,(H,37,39). The summed E-state index contributed by atoms with van der Waals surface area (Å²) in [4.78, 5) is 12.2. The lowest BCUT2D eigenvalue weighted by molar-refractivity contribution is -0.390. The Balaban J connectivity index is 1.32. The number of aliphatic hydroxyl groups excluding tert-OH is 3. The van der Waals surface area contributed by atoms with Crippen LogP contribution < -0.4 is 5.32 Å². The molecule has 0 bridgehead atoms. The number of rotatable bonds is 12. The number of carbonyl (C=O) groups is 1. The molecule has 3 fully saturated rings. The molecular weight excluding hydrogens is 622 g/mol. The van der Waals surface area contributed by atoms with Crippen LogP contribution in [-0.2, 0) is 57.6 Å². The van der Waals surface area contributed by atoms with E-state index in [1.165, 1.54) is 6.92 Å². The van der Waals surface area contributed by atoms with Gasteiger partial charge in [-0.05, 0) is 16.7 Å². The van der Waals surface area contributed by atoms with E-state index in [0.29, 0.717) is 6.42 Å². The third-order valence-corrected chi connectivity index (χ3v) is 8.68. The van der Waals surface area contributed by atoms with Gasteiger partial charge in [0.15, 0.2) is 18.9 Å². The van der Waals surface area contributed by atoms with Crippen molar-refractivity contribution in [3.63, 3.8) is 0 Å². The Bertz CT molecular complexity index is 1420. The summed E-state index contributed by atoms with van der Waals surface area (Å²) >= 11 is 0. The molecule has 3 aliphatic heterocycles. The molecule has 48 heavy (non-hydrogen) atoms. The molecule has 0 spiro atoms. The second-order valence-corrected chi connectivity index (χ2v) is 12.2. The van der Waals surface area contributed by atoms with Gasteiger partial charge in [-0.2, -0.15) is 0 Å². The monoisotopic (exact) mass is 665 g/mol. The molecule has 12 nitrogen and oxygen atoms in total. The summed E-state index contributed by atoms with van der Waals surface area (Å²) in [5, 5.41) is 34.3. The Kier molecular flexibility index (Phi) is 11.8. The first-order valence-electron chi connectivity index (χ1n) is 16.2. The third-order valence-electron chi connectivity index (χ3n) is 8.68. The number of benzene rings is 3. The lowest BCUT2D eigenvalue weighted by atomic mass is 9.94. The van der Waals surface area contributed by atoms with Crippen LogP contribution in [0.1, 0.15) is 23.6 Å². The number of carbonyl (C=O) groups excluding carboxylic acids is 1. The van der Waals surface area contributed by atoms with Gasteiger partial charge in [0.05, 0.1) is 26.4 Å². The van der Waals surface area contributed by atoms with E-state index in [1.807, 2.05) is 91.0 Å². The molecule has 0 saturated carbocycles. The van der Waals surface area contributed by atoms with E-state index in [-0.39, 0.29) is 19.8 Å². The summed E-state index contributed by atoms with van der Waals surface area (Å²) in [5.74, 6) is -0.470. The SMILES string of the molecule is CC(=O)NC1C(OC2C3OC(Cc4ccccc4)OCC3OC(OCc3ccccc3)C2OCc2ccccc2)OC(CO)C(O)C1O. The fourth-order valence-corrected chi connectivity index (χ4v) is 6.23. The predicted octanol–water partition coefficient (Wildman–Crippen LogP) is 1.83. The van der Waals surface area contributed by atoms with Crippen molar-refractivity contribution in [2.24, 2.45) is 0 Å². The minimum atomic E-state index is -1.50. The van der Waals surface area contributed by atoms with Crippen molar-refractivity contribution < 1.29 is 53.3 Å². The van der Waals surface area contributed by atoms with Gasteiger partial charge in [-0.25, -0.2) is 0 Å². The minimum absolute atomic E-state index is 0.167. The molecule has 3 saturated heterocycles. The van der Waals surface area contributed by atoms with E-state index in [2.05, 4.69) is 5.32 Å². The molecule has 1 amide bonds. The highest BCUT2D eigenvalue weighted by atomic mass is 16.8. The molecular formula is C36H43NO11. The smallest absolute Gasteiger partial charge is 0.217 e. The van der Waals surface area contributed by atoms with Crippen LogP contribution >= 0.6 is 0 Å². The molecule has 11 unspecified atom stereocenters. The Morgan fingerprint density at radius 1 is 0.771 bits per heavy atom. The van der Waals surface area contributed by atoms with Crippen LogP contribution in [-0.4, -0.2) is 102 Å². The molecule has 3 aromatic carbocycles. The van der Waals surface area contributed by atoms with Gasteiger partial charge in [0.1, 0.15) is 48.8 Å². The van der Waals surface area contributed by atoms with Crippen molar-refractivity contribution >= 4 is 5.91 Å². The molecule has 258 valence electrons. The van der Waals surface area contributed by atoms with Crippen molar-refractivity contribution in [3.8, 4) is 0 Å². The maximum absolute atomic E-state index is 12.2. The van der Waals surface area contributed by atoms with Crippen LogP contribution in [0.4, 0.5) is 0 Å². The van der Waals surface area contributed by atoms with Gasteiger partial charge < -0.3 is 53.8 Å². The Morgan fingerprint density at radius 2 is 1.38 bits per heavy atom. The maximum atomic E-state index is 12.2. The van der Waals surface area contributed by atoms with Crippen LogP contribution in [0.5, 0.6) is 0 Å². The van der Waals surface area contributed by atoms with Gasteiger partial charge in [0.25, 0.3) is 0 Å². The molecule has 12 heteroatoms. The number of amides is 1. The molecule has 6 rings (SSSR count). The van der Waals surface area contributed by atoms with Crippen molar-refractivity contribution in [1.29, 1.82) is 0 Å². The highest BCUT2D eigenvalue weighted by Gasteiger charge is 2.55. The topological polar surface area (TPSA) is 154 Å².